The standard InChI is InChI=1S/C20H21N3OS.H2/c1-14-12-18(22-15(2)21-14)10-7-16-5-8-17(9-6-16)23-20(24)13-19-4-3-11-25-19;/h3-6,8-9,11-12H,7,10,13H2,1-2H3,(H,23,24);1H. The Morgan fingerprint density at radius 1 is 1.12 bits per heavy atom. The topological polar surface area (TPSA) is 54.9 Å². The van der Waals surface area contributed by atoms with E-state index < -0.39 is 0 Å². The van der Waals surface area contributed by atoms with Crippen LogP contribution in [0.3, 0.4) is 0 Å². The van der Waals surface area contributed by atoms with Gasteiger partial charge in [-0.15, -0.1) is 11.3 Å². The minimum Gasteiger partial charge on any atom is -0.326 e. The first-order chi connectivity index (χ1) is 12.1. The van der Waals surface area contributed by atoms with Crippen LogP contribution >= 0.6 is 11.3 Å². The number of benzene rings is 1. The van der Waals surface area contributed by atoms with Gasteiger partial charge in [0.2, 0.25) is 5.91 Å². The molecule has 0 atom stereocenters. The van der Waals surface area contributed by atoms with E-state index in [2.05, 4.69) is 27.4 Å². The summed E-state index contributed by atoms with van der Waals surface area (Å²) in [5, 5.41) is 4.93. The highest BCUT2D eigenvalue weighted by atomic mass is 32.1. The normalized spacial score (nSPS) is 10.6. The summed E-state index contributed by atoms with van der Waals surface area (Å²) in [7, 11) is 0. The number of carbonyl (C=O) groups is 1. The molecule has 3 aromatic rings. The van der Waals surface area contributed by atoms with Crippen molar-refractivity contribution in [1.29, 1.82) is 0 Å². The first kappa shape index (κ1) is 17.3. The molecule has 4 nitrogen and oxygen atoms in total. The van der Waals surface area contributed by atoms with Crippen molar-refractivity contribution in [3.63, 3.8) is 0 Å². The van der Waals surface area contributed by atoms with Gasteiger partial charge in [0.05, 0.1) is 6.42 Å². The van der Waals surface area contributed by atoms with E-state index in [1.807, 2.05) is 49.6 Å². The minimum absolute atomic E-state index is 0. The van der Waals surface area contributed by atoms with E-state index in [1.54, 1.807) is 11.3 Å². The molecule has 0 radical (unpaired) electrons. The highest BCUT2D eigenvalue weighted by molar-refractivity contribution is 7.10. The van der Waals surface area contributed by atoms with Crippen molar-refractivity contribution in [1.82, 2.24) is 9.97 Å². The number of aryl methyl sites for hydroxylation is 4. The largest absolute Gasteiger partial charge is 0.326 e. The summed E-state index contributed by atoms with van der Waals surface area (Å²) < 4.78 is 0. The second-order valence-electron chi connectivity index (χ2n) is 6.05. The monoisotopic (exact) mass is 353 g/mol. The van der Waals surface area contributed by atoms with E-state index in [4.69, 9.17) is 0 Å². The Bertz CT molecular complexity index is 828. The summed E-state index contributed by atoms with van der Waals surface area (Å²) in [5.41, 5.74) is 4.13. The van der Waals surface area contributed by atoms with Gasteiger partial charge < -0.3 is 5.32 Å². The Balaban J connectivity index is 0.00000243. The van der Waals surface area contributed by atoms with E-state index in [1.165, 1.54) is 5.56 Å². The van der Waals surface area contributed by atoms with Crippen molar-refractivity contribution < 1.29 is 6.22 Å². The lowest BCUT2D eigenvalue weighted by Crippen LogP contribution is -2.13. The van der Waals surface area contributed by atoms with Crippen LogP contribution in [0.2, 0.25) is 0 Å². The Hall–Kier alpha value is -2.53. The van der Waals surface area contributed by atoms with Gasteiger partial charge in [-0.25, -0.2) is 9.97 Å². The van der Waals surface area contributed by atoms with Gasteiger partial charge in [0.1, 0.15) is 5.82 Å². The lowest BCUT2D eigenvalue weighted by atomic mass is 10.1. The predicted octanol–water partition coefficient (Wildman–Crippen LogP) is 4.37. The third kappa shape index (κ3) is 5.22. The maximum atomic E-state index is 12.0. The molecule has 0 unspecified atom stereocenters. The van der Waals surface area contributed by atoms with Crippen molar-refractivity contribution in [2.75, 3.05) is 5.32 Å². The van der Waals surface area contributed by atoms with Crippen LogP contribution in [0.15, 0.2) is 47.8 Å². The number of carbonyl (C=O) groups excluding carboxylic acids is 1. The van der Waals surface area contributed by atoms with Crippen LogP contribution in [-0.2, 0) is 24.1 Å². The van der Waals surface area contributed by atoms with Crippen molar-refractivity contribution in [2.45, 2.75) is 33.1 Å². The molecule has 0 aliphatic heterocycles. The predicted molar refractivity (Wildman–Crippen MR) is 104 cm³/mol. The van der Waals surface area contributed by atoms with E-state index in [9.17, 15) is 4.79 Å². The zero-order valence-electron chi connectivity index (χ0n) is 14.5. The summed E-state index contributed by atoms with van der Waals surface area (Å²) in [6.45, 7) is 3.91. The SMILES string of the molecule is Cc1cc(CCc2ccc(NC(=O)Cc3cccs3)cc2)nc(C)n1.[HH]. The lowest BCUT2D eigenvalue weighted by molar-refractivity contribution is -0.115. The highest BCUT2D eigenvalue weighted by Crippen LogP contribution is 2.14. The van der Waals surface area contributed by atoms with Gasteiger partial charge in [0, 0.05) is 23.4 Å². The van der Waals surface area contributed by atoms with Crippen LogP contribution < -0.4 is 5.32 Å². The highest BCUT2D eigenvalue weighted by Gasteiger charge is 2.05. The fourth-order valence-corrected chi connectivity index (χ4v) is 3.43. The summed E-state index contributed by atoms with van der Waals surface area (Å²) in [4.78, 5) is 21.9. The number of anilines is 1. The van der Waals surface area contributed by atoms with Gasteiger partial charge in [0.25, 0.3) is 0 Å². The Morgan fingerprint density at radius 3 is 2.60 bits per heavy atom. The van der Waals surface area contributed by atoms with Gasteiger partial charge in [-0.05, 0) is 61.9 Å². The molecule has 25 heavy (non-hydrogen) atoms. The second-order valence-corrected chi connectivity index (χ2v) is 7.08. The van der Waals surface area contributed by atoms with Gasteiger partial charge in [-0.3, -0.25) is 4.79 Å². The molecule has 0 spiro atoms. The fourth-order valence-electron chi connectivity index (χ4n) is 2.73. The average molecular weight is 353 g/mol. The van der Waals surface area contributed by atoms with Crippen LogP contribution in [-0.4, -0.2) is 15.9 Å². The average Bonchev–Trinajstić information content (AvgIpc) is 3.06. The number of thiophene rings is 1. The second kappa shape index (κ2) is 8.03. The Morgan fingerprint density at radius 2 is 1.92 bits per heavy atom. The number of amides is 1. The number of hydrogen-bond donors (Lipinski definition) is 1. The van der Waals surface area contributed by atoms with E-state index in [0.717, 1.165) is 40.6 Å². The molecule has 2 heterocycles. The van der Waals surface area contributed by atoms with E-state index in [-0.39, 0.29) is 7.33 Å². The van der Waals surface area contributed by atoms with Crippen molar-refractivity contribution in [3.8, 4) is 0 Å². The molecule has 2 aromatic heterocycles. The molecule has 1 aromatic carbocycles. The number of nitrogens with zero attached hydrogens (tertiary/aromatic N) is 2. The van der Waals surface area contributed by atoms with Gasteiger partial charge in [-0.2, -0.15) is 0 Å². The molecule has 0 fully saturated rings. The number of nitrogens with one attached hydrogen (secondary N) is 1. The molecular weight excluding hydrogens is 330 g/mol. The Kier molecular flexibility index (Phi) is 5.56. The van der Waals surface area contributed by atoms with Gasteiger partial charge in [0.15, 0.2) is 0 Å². The third-order valence-electron chi connectivity index (χ3n) is 3.84. The number of rotatable bonds is 6. The third-order valence-corrected chi connectivity index (χ3v) is 4.72. The van der Waals surface area contributed by atoms with E-state index in [0.29, 0.717) is 6.42 Å². The smallest absolute Gasteiger partial charge is 0.229 e. The van der Waals surface area contributed by atoms with Gasteiger partial charge >= 0.3 is 0 Å². The van der Waals surface area contributed by atoms with Crippen molar-refractivity contribution in [2.24, 2.45) is 0 Å². The van der Waals surface area contributed by atoms with Crippen LogP contribution in [0.4, 0.5) is 5.69 Å². The summed E-state index contributed by atoms with van der Waals surface area (Å²) in [6.07, 6.45) is 2.22. The molecule has 1 N–H and O–H groups in total. The molecular formula is C20H23N3OS. The van der Waals surface area contributed by atoms with Crippen LogP contribution in [0, 0.1) is 13.8 Å². The molecule has 130 valence electrons. The van der Waals surface area contributed by atoms with Crippen LogP contribution in [0.1, 0.15) is 29.1 Å². The fraction of sp³-hybridized carbons (Fsp3) is 0.250. The van der Waals surface area contributed by atoms with Crippen molar-refractivity contribution in [3.05, 3.63) is 75.5 Å². The van der Waals surface area contributed by atoms with Crippen LogP contribution in [0.25, 0.3) is 0 Å². The lowest BCUT2D eigenvalue weighted by Gasteiger charge is -2.07. The first-order valence-corrected chi connectivity index (χ1v) is 9.19. The van der Waals surface area contributed by atoms with Gasteiger partial charge in [-0.1, -0.05) is 18.2 Å². The minimum atomic E-state index is 0. The molecule has 0 saturated carbocycles. The van der Waals surface area contributed by atoms with Crippen molar-refractivity contribution >= 4 is 22.9 Å². The zero-order chi connectivity index (χ0) is 17.6. The molecule has 0 saturated heterocycles. The molecule has 0 aliphatic rings. The summed E-state index contributed by atoms with van der Waals surface area (Å²) in [5.74, 6) is 0.834. The quantitative estimate of drug-likeness (QED) is 0.716. The number of aromatic nitrogens is 2. The summed E-state index contributed by atoms with van der Waals surface area (Å²) >= 11 is 1.60. The summed E-state index contributed by atoms with van der Waals surface area (Å²) in [6, 6.07) is 14.0. The number of hydrogen-bond acceptors (Lipinski definition) is 4. The first-order valence-electron chi connectivity index (χ1n) is 8.31. The zero-order valence-corrected chi connectivity index (χ0v) is 15.3. The molecule has 3 rings (SSSR count). The maximum absolute atomic E-state index is 12.0. The molecule has 0 aliphatic carbocycles. The maximum Gasteiger partial charge on any atom is 0.229 e. The van der Waals surface area contributed by atoms with Crippen LogP contribution in [0.5, 0.6) is 0 Å². The molecule has 5 heteroatoms. The molecule has 0 bridgehead atoms. The van der Waals surface area contributed by atoms with E-state index >= 15 is 0 Å². The Labute approximate surface area is 153 Å². The molecule has 1 amide bonds.